The Morgan fingerprint density at radius 1 is 1.25 bits per heavy atom. The summed E-state index contributed by atoms with van der Waals surface area (Å²) in [6, 6.07) is 8.47. The first-order chi connectivity index (χ1) is 7.72. The second-order valence-electron chi connectivity index (χ2n) is 3.85. The van der Waals surface area contributed by atoms with Gasteiger partial charge in [0.25, 0.3) is 0 Å². The van der Waals surface area contributed by atoms with E-state index in [0.717, 1.165) is 17.2 Å². The summed E-state index contributed by atoms with van der Waals surface area (Å²) in [4.78, 5) is 5.87. The third-order valence-electron chi connectivity index (χ3n) is 2.54. The van der Waals surface area contributed by atoms with Crippen LogP contribution in [0.15, 0.2) is 24.3 Å². The molecule has 1 heterocycles. The first-order valence-corrected chi connectivity index (χ1v) is 6.21. The van der Waals surface area contributed by atoms with E-state index in [9.17, 15) is 0 Å². The zero-order valence-electron chi connectivity index (χ0n) is 9.87. The molecule has 0 fully saturated rings. The lowest BCUT2D eigenvalue weighted by Gasteiger charge is -2.05. The lowest BCUT2D eigenvalue weighted by molar-refractivity contribution is 0.796. The topological polar surface area (TPSA) is 24.9 Å². The highest BCUT2D eigenvalue weighted by Crippen LogP contribution is 2.32. The second kappa shape index (κ2) is 4.76. The summed E-state index contributed by atoms with van der Waals surface area (Å²) >= 11 is 1.77. The van der Waals surface area contributed by atoms with Gasteiger partial charge in [-0.05, 0) is 32.0 Å². The smallest absolute Gasteiger partial charge is 0.0904 e. The number of aromatic nitrogens is 1. The maximum atomic E-state index is 4.57. The van der Waals surface area contributed by atoms with Crippen LogP contribution in [0.2, 0.25) is 0 Å². The molecule has 2 rings (SSSR count). The van der Waals surface area contributed by atoms with E-state index in [4.69, 9.17) is 0 Å². The number of hydrogen-bond acceptors (Lipinski definition) is 3. The largest absolute Gasteiger partial charge is 0.314 e. The Balaban J connectivity index is 2.51. The van der Waals surface area contributed by atoms with E-state index < -0.39 is 0 Å². The predicted octanol–water partition coefficient (Wildman–Crippen LogP) is 3.15. The maximum Gasteiger partial charge on any atom is 0.0904 e. The van der Waals surface area contributed by atoms with Gasteiger partial charge in [-0.2, -0.15) is 0 Å². The van der Waals surface area contributed by atoms with Gasteiger partial charge in [0, 0.05) is 6.54 Å². The molecular formula is C13H16N2S. The van der Waals surface area contributed by atoms with Gasteiger partial charge in [-0.1, -0.05) is 24.3 Å². The quantitative estimate of drug-likeness (QED) is 0.879. The molecule has 2 nitrogen and oxygen atoms in total. The minimum atomic E-state index is 0.827. The highest BCUT2D eigenvalue weighted by molar-refractivity contribution is 7.15. The van der Waals surface area contributed by atoms with Crippen LogP contribution in [-0.4, -0.2) is 12.0 Å². The molecule has 0 saturated carbocycles. The molecule has 0 aliphatic heterocycles. The molecular weight excluding hydrogens is 216 g/mol. The van der Waals surface area contributed by atoms with Gasteiger partial charge in [0.2, 0.25) is 0 Å². The summed E-state index contributed by atoms with van der Waals surface area (Å²) < 4.78 is 0. The van der Waals surface area contributed by atoms with Crippen LogP contribution >= 0.6 is 11.3 Å². The van der Waals surface area contributed by atoms with Gasteiger partial charge in [0.05, 0.1) is 15.6 Å². The molecule has 1 aromatic carbocycles. The Labute approximate surface area is 100 Å². The van der Waals surface area contributed by atoms with Gasteiger partial charge in [-0.3, -0.25) is 0 Å². The molecule has 0 atom stereocenters. The van der Waals surface area contributed by atoms with Gasteiger partial charge in [-0.15, -0.1) is 11.3 Å². The number of rotatable bonds is 3. The Morgan fingerprint density at radius 2 is 2.00 bits per heavy atom. The molecule has 0 radical (unpaired) electrons. The maximum absolute atomic E-state index is 4.57. The Bertz CT molecular complexity index is 488. The normalized spacial score (nSPS) is 10.7. The summed E-state index contributed by atoms with van der Waals surface area (Å²) in [5, 5.41) is 4.30. The van der Waals surface area contributed by atoms with Crippen LogP contribution in [0.3, 0.4) is 0 Å². The summed E-state index contributed by atoms with van der Waals surface area (Å²) in [6.07, 6.45) is 0. The van der Waals surface area contributed by atoms with Crippen LogP contribution in [0.4, 0.5) is 0 Å². The first-order valence-electron chi connectivity index (χ1n) is 5.39. The van der Waals surface area contributed by atoms with E-state index in [1.165, 1.54) is 16.0 Å². The number of aryl methyl sites for hydroxylation is 2. The molecule has 1 N–H and O–H groups in total. The third kappa shape index (κ3) is 2.15. The highest BCUT2D eigenvalue weighted by Gasteiger charge is 2.11. The van der Waals surface area contributed by atoms with Gasteiger partial charge < -0.3 is 5.32 Å². The molecule has 1 aromatic heterocycles. The molecule has 0 aliphatic carbocycles. The van der Waals surface area contributed by atoms with Crippen molar-refractivity contribution in [3.63, 3.8) is 0 Å². The van der Waals surface area contributed by atoms with Crippen LogP contribution in [0.1, 0.15) is 16.3 Å². The molecule has 3 heteroatoms. The number of nitrogens with one attached hydrogen (secondary N) is 1. The fourth-order valence-electron chi connectivity index (χ4n) is 1.80. The van der Waals surface area contributed by atoms with Crippen molar-refractivity contribution in [3.05, 3.63) is 40.5 Å². The number of nitrogens with zero attached hydrogens (tertiary/aromatic N) is 1. The zero-order valence-corrected chi connectivity index (χ0v) is 10.7. The van der Waals surface area contributed by atoms with Crippen molar-refractivity contribution in [2.45, 2.75) is 20.4 Å². The molecule has 0 bridgehead atoms. The molecule has 0 unspecified atom stereocenters. The highest BCUT2D eigenvalue weighted by atomic mass is 32.1. The lowest BCUT2D eigenvalue weighted by atomic mass is 10.1. The van der Waals surface area contributed by atoms with Gasteiger partial charge in [-0.25, -0.2) is 4.98 Å². The van der Waals surface area contributed by atoms with Crippen LogP contribution in [0.5, 0.6) is 0 Å². The molecule has 2 aromatic rings. The Hall–Kier alpha value is -1.19. The summed E-state index contributed by atoms with van der Waals surface area (Å²) in [5.74, 6) is 0. The van der Waals surface area contributed by atoms with Gasteiger partial charge >= 0.3 is 0 Å². The fraction of sp³-hybridized carbons (Fsp3) is 0.308. The van der Waals surface area contributed by atoms with E-state index in [0.29, 0.717) is 0 Å². The average molecular weight is 232 g/mol. The van der Waals surface area contributed by atoms with E-state index in [-0.39, 0.29) is 0 Å². The number of hydrogen-bond donors (Lipinski definition) is 1. The first kappa shape index (κ1) is 11.3. The van der Waals surface area contributed by atoms with E-state index in [1.54, 1.807) is 11.3 Å². The number of thiazole rings is 1. The Morgan fingerprint density at radius 3 is 2.69 bits per heavy atom. The molecule has 84 valence electrons. The van der Waals surface area contributed by atoms with Crippen molar-refractivity contribution in [1.29, 1.82) is 0 Å². The van der Waals surface area contributed by atoms with Crippen molar-refractivity contribution in [2.24, 2.45) is 0 Å². The molecule has 16 heavy (non-hydrogen) atoms. The molecule has 0 amide bonds. The SMILES string of the molecule is CNCc1nc(C)sc1-c1ccccc1C. The van der Waals surface area contributed by atoms with Crippen molar-refractivity contribution >= 4 is 11.3 Å². The van der Waals surface area contributed by atoms with Crippen LogP contribution < -0.4 is 5.32 Å². The molecule has 0 saturated heterocycles. The van der Waals surface area contributed by atoms with Crippen LogP contribution in [-0.2, 0) is 6.54 Å². The van der Waals surface area contributed by atoms with Crippen LogP contribution in [0, 0.1) is 13.8 Å². The van der Waals surface area contributed by atoms with Crippen molar-refractivity contribution in [1.82, 2.24) is 10.3 Å². The van der Waals surface area contributed by atoms with E-state index in [1.807, 2.05) is 7.05 Å². The zero-order chi connectivity index (χ0) is 11.5. The summed E-state index contributed by atoms with van der Waals surface area (Å²) in [7, 11) is 1.95. The minimum absolute atomic E-state index is 0.827. The summed E-state index contributed by atoms with van der Waals surface area (Å²) in [5.41, 5.74) is 3.76. The number of benzene rings is 1. The third-order valence-corrected chi connectivity index (χ3v) is 3.58. The standard InChI is InChI=1S/C13H16N2S/c1-9-6-4-5-7-11(9)13-12(8-14-3)15-10(2)16-13/h4-7,14H,8H2,1-3H3. The molecule has 0 aliphatic rings. The fourth-order valence-corrected chi connectivity index (χ4v) is 2.82. The van der Waals surface area contributed by atoms with Crippen LogP contribution in [0.25, 0.3) is 10.4 Å². The Kier molecular flexibility index (Phi) is 3.36. The van der Waals surface area contributed by atoms with E-state index in [2.05, 4.69) is 48.4 Å². The van der Waals surface area contributed by atoms with Gasteiger partial charge in [0.15, 0.2) is 0 Å². The van der Waals surface area contributed by atoms with Crippen molar-refractivity contribution in [3.8, 4) is 10.4 Å². The molecule has 0 spiro atoms. The van der Waals surface area contributed by atoms with E-state index >= 15 is 0 Å². The average Bonchev–Trinajstić information content (AvgIpc) is 2.61. The van der Waals surface area contributed by atoms with Crippen molar-refractivity contribution in [2.75, 3.05) is 7.05 Å². The second-order valence-corrected chi connectivity index (χ2v) is 5.06. The minimum Gasteiger partial charge on any atom is -0.314 e. The van der Waals surface area contributed by atoms with Crippen molar-refractivity contribution < 1.29 is 0 Å². The predicted molar refractivity (Wildman–Crippen MR) is 69.8 cm³/mol. The van der Waals surface area contributed by atoms with Gasteiger partial charge in [0.1, 0.15) is 0 Å². The monoisotopic (exact) mass is 232 g/mol. The summed E-state index contributed by atoms with van der Waals surface area (Å²) in [6.45, 7) is 5.03. The lowest BCUT2D eigenvalue weighted by Crippen LogP contribution is -2.06.